The predicted molar refractivity (Wildman–Crippen MR) is 180 cm³/mol. The molecule has 4 atom stereocenters. The van der Waals surface area contributed by atoms with E-state index >= 15 is 0 Å². The number of hydrogen-bond donors (Lipinski definition) is 3. The molecule has 0 spiro atoms. The summed E-state index contributed by atoms with van der Waals surface area (Å²) in [6, 6.07) is 4.63. The largest absolute Gasteiger partial charge is 0.504 e. The molecule has 0 unspecified atom stereocenters. The van der Waals surface area contributed by atoms with Gasteiger partial charge in [-0.15, -0.1) is 0 Å². The smallest absolute Gasteiger partial charge is 0.416 e. The third kappa shape index (κ3) is 6.59. The summed E-state index contributed by atoms with van der Waals surface area (Å²) in [6.45, 7) is 4.67. The number of amides is 1. The van der Waals surface area contributed by atoms with Crippen molar-refractivity contribution in [2.24, 2.45) is 0 Å². The first kappa shape index (κ1) is 36.0. The van der Waals surface area contributed by atoms with E-state index in [1.165, 1.54) is 32.2 Å². The highest BCUT2D eigenvalue weighted by Gasteiger charge is 2.50. The van der Waals surface area contributed by atoms with Crippen molar-refractivity contribution in [1.29, 1.82) is 0 Å². The van der Waals surface area contributed by atoms with Crippen molar-refractivity contribution in [3.63, 3.8) is 0 Å². The number of alkyl halides is 3. The minimum atomic E-state index is -4.54. The monoisotopic (exact) mass is 711 g/mol. The van der Waals surface area contributed by atoms with Crippen LogP contribution in [0.2, 0.25) is 0 Å². The molecule has 3 aromatic carbocycles. The molecule has 14 heteroatoms. The van der Waals surface area contributed by atoms with Gasteiger partial charge in [-0.1, -0.05) is 18.2 Å². The number of rotatable bonds is 7. The summed E-state index contributed by atoms with van der Waals surface area (Å²) in [5, 5.41) is 26.6. The Kier molecular flexibility index (Phi) is 9.70. The predicted octanol–water partition coefficient (Wildman–Crippen LogP) is 4.97. The number of nitrogens with zero attached hydrogens (tertiary/aromatic N) is 2. The van der Waals surface area contributed by atoms with Gasteiger partial charge in [-0.2, -0.15) is 13.2 Å². The third-order valence-corrected chi connectivity index (χ3v) is 9.72. The van der Waals surface area contributed by atoms with Crippen LogP contribution in [0.1, 0.15) is 63.5 Å². The molecule has 3 N–H and O–H groups in total. The Morgan fingerprint density at radius 1 is 1.10 bits per heavy atom. The second-order valence-corrected chi connectivity index (χ2v) is 13.2. The van der Waals surface area contributed by atoms with Gasteiger partial charge in [0.15, 0.2) is 23.0 Å². The highest BCUT2D eigenvalue weighted by Crippen LogP contribution is 2.56. The number of fused-ring (bicyclic) bond motifs is 5. The Hall–Kier alpha value is -4.79. The molecule has 3 aromatic rings. The molecule has 0 aromatic heterocycles. The number of nitrogens with one attached hydrogen (secondary N) is 1. The average Bonchev–Trinajstić information content (AvgIpc) is 3.51. The second-order valence-electron chi connectivity index (χ2n) is 13.2. The number of ether oxygens (including phenoxy) is 4. The average molecular weight is 712 g/mol. The van der Waals surface area contributed by atoms with E-state index in [0.29, 0.717) is 50.6 Å². The SMILES string of the molecule is COc1c(C)cc2c(c1O)[C@H](N(C)C)[C@@H]1Cc3c(OC(C)=O)c(C)c4c(c3[C@H](CNC(=O)/C=C/c3cccc(C(F)(F)F)c3)N1[C@@H](O)C2)OCO4. The number of aliphatic hydroxyl groups is 1. The summed E-state index contributed by atoms with van der Waals surface area (Å²) >= 11 is 0. The van der Waals surface area contributed by atoms with Crippen LogP contribution in [0.25, 0.3) is 6.08 Å². The number of phenolic OH excluding ortho intramolecular Hbond substituents is 1. The van der Waals surface area contributed by atoms with E-state index < -0.39 is 48.0 Å². The van der Waals surface area contributed by atoms with Crippen LogP contribution in [0.4, 0.5) is 13.2 Å². The van der Waals surface area contributed by atoms with Gasteiger partial charge in [-0.25, -0.2) is 0 Å². The van der Waals surface area contributed by atoms with E-state index in [9.17, 15) is 33.0 Å². The number of phenols is 1. The number of aliphatic hydroxyl groups excluding tert-OH is 1. The van der Waals surface area contributed by atoms with Crippen molar-refractivity contribution < 1.29 is 51.9 Å². The molecule has 0 saturated heterocycles. The summed E-state index contributed by atoms with van der Waals surface area (Å²) in [6.07, 6.45) is -2.87. The highest BCUT2D eigenvalue weighted by molar-refractivity contribution is 5.91. The van der Waals surface area contributed by atoms with Gasteiger partial charge in [-0.05, 0) is 69.3 Å². The first-order valence-electron chi connectivity index (χ1n) is 16.4. The van der Waals surface area contributed by atoms with Gasteiger partial charge in [0, 0.05) is 54.3 Å². The molecule has 3 aliphatic heterocycles. The highest BCUT2D eigenvalue weighted by atomic mass is 19.4. The van der Waals surface area contributed by atoms with Crippen LogP contribution in [0.5, 0.6) is 28.7 Å². The van der Waals surface area contributed by atoms with E-state index in [4.69, 9.17) is 18.9 Å². The Morgan fingerprint density at radius 3 is 2.49 bits per heavy atom. The van der Waals surface area contributed by atoms with Crippen molar-refractivity contribution in [1.82, 2.24) is 15.1 Å². The molecule has 0 fully saturated rings. The molecule has 11 nitrogen and oxygen atoms in total. The maximum absolute atomic E-state index is 13.3. The summed E-state index contributed by atoms with van der Waals surface area (Å²) in [5.41, 5.74) is 3.06. The molecule has 0 aliphatic carbocycles. The molecule has 0 saturated carbocycles. The van der Waals surface area contributed by atoms with Gasteiger partial charge in [0.2, 0.25) is 12.7 Å². The van der Waals surface area contributed by atoms with Crippen molar-refractivity contribution in [3.05, 3.63) is 80.9 Å². The number of carbonyl (C=O) groups is 2. The first-order valence-corrected chi connectivity index (χ1v) is 16.4. The fourth-order valence-corrected chi connectivity index (χ4v) is 7.75. The molecule has 6 rings (SSSR count). The van der Waals surface area contributed by atoms with E-state index in [-0.39, 0.29) is 43.2 Å². The molecule has 3 aliphatic rings. The zero-order chi connectivity index (χ0) is 36.9. The number of esters is 1. The third-order valence-electron chi connectivity index (χ3n) is 9.72. The lowest BCUT2D eigenvalue weighted by Crippen LogP contribution is -2.55. The maximum atomic E-state index is 13.3. The molecular formula is C37H40F3N3O8. The minimum Gasteiger partial charge on any atom is -0.504 e. The fourth-order valence-electron chi connectivity index (χ4n) is 7.75. The van der Waals surface area contributed by atoms with Gasteiger partial charge >= 0.3 is 12.1 Å². The summed E-state index contributed by atoms with van der Waals surface area (Å²) in [4.78, 5) is 29.6. The zero-order valence-corrected chi connectivity index (χ0v) is 29.1. The Labute approximate surface area is 293 Å². The van der Waals surface area contributed by atoms with E-state index in [2.05, 4.69) is 5.32 Å². The van der Waals surface area contributed by atoms with Gasteiger partial charge < -0.3 is 39.4 Å². The van der Waals surface area contributed by atoms with Crippen LogP contribution in [0, 0.1) is 13.8 Å². The number of aromatic hydroxyl groups is 1. The standard InChI is InChI=1S/C37H40F3N3O8/c1-18-12-22-14-28(46)43-25(31(42(4)5)29(22)32(47)33(18)48-6)15-24-30(36-35(49-17-50-36)19(2)34(24)51-20(3)44)26(43)16-41-27(45)11-10-21-8-7-9-23(13-21)37(38,39)40/h7-13,25-26,28,31,46-47H,14-17H2,1-6H3,(H,41,45)/b11-10+/t25-,26-,28-,31+/m0/s1. The van der Waals surface area contributed by atoms with Gasteiger partial charge in [0.25, 0.3) is 0 Å². The molecule has 272 valence electrons. The molecule has 51 heavy (non-hydrogen) atoms. The Bertz CT molecular complexity index is 1910. The van der Waals surface area contributed by atoms with E-state index in [1.807, 2.05) is 36.9 Å². The van der Waals surface area contributed by atoms with Crippen molar-refractivity contribution in [2.75, 3.05) is 34.5 Å². The van der Waals surface area contributed by atoms with Crippen LogP contribution in [0.3, 0.4) is 0 Å². The number of hydrogen-bond acceptors (Lipinski definition) is 10. The van der Waals surface area contributed by atoms with E-state index in [1.54, 1.807) is 6.92 Å². The molecular weight excluding hydrogens is 671 g/mol. The lowest BCUT2D eigenvalue weighted by molar-refractivity contribution is -0.137. The molecule has 0 radical (unpaired) electrons. The lowest BCUT2D eigenvalue weighted by atomic mass is 9.80. The van der Waals surface area contributed by atoms with Crippen molar-refractivity contribution >= 4 is 18.0 Å². The second kappa shape index (κ2) is 13.7. The van der Waals surface area contributed by atoms with Crippen molar-refractivity contribution in [2.45, 2.75) is 64.1 Å². The quantitative estimate of drug-likeness (QED) is 0.176. The molecule has 1 amide bonds. The number of aryl methyl sites for hydroxylation is 1. The van der Waals surface area contributed by atoms with Gasteiger partial charge in [0.05, 0.1) is 24.8 Å². The van der Waals surface area contributed by atoms with Gasteiger partial charge in [0.1, 0.15) is 12.0 Å². The summed E-state index contributed by atoms with van der Waals surface area (Å²) in [5.74, 6) is 0.176. The van der Waals surface area contributed by atoms with Crippen molar-refractivity contribution in [3.8, 4) is 28.7 Å². The van der Waals surface area contributed by atoms with Crippen LogP contribution in [-0.4, -0.2) is 78.7 Å². The Balaban J connectivity index is 1.47. The normalized spacial score (nSPS) is 21.2. The summed E-state index contributed by atoms with van der Waals surface area (Å²) in [7, 11) is 5.20. The number of benzene rings is 3. The van der Waals surface area contributed by atoms with Crippen LogP contribution in [0.15, 0.2) is 36.4 Å². The summed E-state index contributed by atoms with van der Waals surface area (Å²) < 4.78 is 63.1. The number of carbonyl (C=O) groups excluding carboxylic acids is 2. The number of likely N-dealkylation sites (N-methyl/N-ethyl adjacent to an activating group) is 1. The van der Waals surface area contributed by atoms with Crippen LogP contribution >= 0.6 is 0 Å². The maximum Gasteiger partial charge on any atom is 0.416 e. The molecule has 0 bridgehead atoms. The van der Waals surface area contributed by atoms with Gasteiger partial charge in [-0.3, -0.25) is 14.5 Å². The Morgan fingerprint density at radius 2 is 1.82 bits per heavy atom. The number of methoxy groups -OCH3 is 1. The van der Waals surface area contributed by atoms with Crippen LogP contribution in [-0.2, 0) is 28.6 Å². The first-order chi connectivity index (χ1) is 24.1. The number of halogens is 3. The van der Waals surface area contributed by atoms with Crippen LogP contribution < -0.4 is 24.3 Å². The molecule has 3 heterocycles. The topological polar surface area (TPSA) is 130 Å². The lowest BCUT2D eigenvalue weighted by Gasteiger charge is -2.48. The fraction of sp³-hybridized carbons (Fsp3) is 0.405. The van der Waals surface area contributed by atoms with E-state index in [0.717, 1.165) is 18.2 Å². The zero-order valence-electron chi connectivity index (χ0n) is 29.1. The minimum absolute atomic E-state index is 0.0438.